The molecule has 25 heavy (non-hydrogen) atoms. The van der Waals surface area contributed by atoms with Crippen LogP contribution in [0.15, 0.2) is 18.2 Å². The van der Waals surface area contributed by atoms with Crippen molar-refractivity contribution in [2.24, 2.45) is 0 Å². The summed E-state index contributed by atoms with van der Waals surface area (Å²) in [6, 6.07) is 2.97. The summed E-state index contributed by atoms with van der Waals surface area (Å²) < 4.78 is 4.76. The van der Waals surface area contributed by atoms with Gasteiger partial charge in [-0.1, -0.05) is 0 Å². The van der Waals surface area contributed by atoms with Crippen LogP contribution in [0.25, 0.3) is 0 Å². The Bertz CT molecular complexity index is 687. The lowest BCUT2D eigenvalue weighted by Crippen LogP contribution is -2.44. The molecule has 0 spiro atoms. The van der Waals surface area contributed by atoms with Crippen LogP contribution in [0.1, 0.15) is 24.2 Å². The third-order valence-corrected chi connectivity index (χ3v) is 2.90. The van der Waals surface area contributed by atoms with Crippen LogP contribution in [0.4, 0.5) is 16.2 Å². The van der Waals surface area contributed by atoms with Crippen molar-refractivity contribution in [2.75, 3.05) is 25.6 Å². The monoisotopic (exact) mass is 352 g/mol. The van der Waals surface area contributed by atoms with Crippen LogP contribution < -0.4 is 15.5 Å². The van der Waals surface area contributed by atoms with Crippen molar-refractivity contribution in [2.45, 2.75) is 19.9 Å². The second kappa shape index (κ2) is 8.62. The lowest BCUT2D eigenvalue weighted by Gasteiger charge is -2.13. The quantitative estimate of drug-likeness (QED) is 0.444. The van der Waals surface area contributed by atoms with Crippen LogP contribution in [0.5, 0.6) is 0 Å². The van der Waals surface area contributed by atoms with Gasteiger partial charge in [0.25, 0.3) is 11.6 Å². The molecule has 0 atom stereocenters. The molecule has 0 aliphatic heterocycles. The summed E-state index contributed by atoms with van der Waals surface area (Å²) in [6.07, 6.45) is 0. The van der Waals surface area contributed by atoms with Crippen LogP contribution in [0.2, 0.25) is 0 Å². The molecule has 0 bridgehead atoms. The number of esters is 1. The highest BCUT2D eigenvalue weighted by Crippen LogP contribution is 2.27. The Morgan fingerprint density at radius 1 is 1.28 bits per heavy atom. The molecule has 0 unspecified atom stereocenters. The molecular formula is C15H20N4O6. The molecular weight excluding hydrogens is 332 g/mol. The maximum Gasteiger partial charge on any atom is 0.338 e. The van der Waals surface area contributed by atoms with E-state index in [9.17, 15) is 24.5 Å². The number of nitrogens with one attached hydrogen (secondary N) is 2. The van der Waals surface area contributed by atoms with E-state index in [1.807, 2.05) is 5.32 Å². The highest BCUT2D eigenvalue weighted by atomic mass is 16.6. The van der Waals surface area contributed by atoms with E-state index in [0.717, 1.165) is 6.07 Å². The largest absolute Gasteiger partial charge is 0.452 e. The predicted octanol–water partition coefficient (Wildman–Crippen LogP) is 1.05. The number of urea groups is 1. The van der Waals surface area contributed by atoms with Crippen LogP contribution in [0.3, 0.4) is 0 Å². The topological polar surface area (TPSA) is 131 Å². The maximum absolute atomic E-state index is 11.9. The second-order valence-electron chi connectivity index (χ2n) is 5.61. The number of nitro groups is 1. The zero-order valence-electron chi connectivity index (χ0n) is 14.4. The molecule has 0 aromatic heterocycles. The lowest BCUT2D eigenvalue weighted by molar-refractivity contribution is -0.384. The molecule has 0 saturated carbocycles. The van der Waals surface area contributed by atoms with E-state index in [0.29, 0.717) is 5.69 Å². The maximum atomic E-state index is 11.9. The number of hydrogen-bond donors (Lipinski definition) is 2. The van der Waals surface area contributed by atoms with Gasteiger partial charge in [0.1, 0.15) is 5.69 Å². The molecule has 0 radical (unpaired) electrons. The molecule has 10 heteroatoms. The number of nitrogens with zero attached hydrogens (tertiary/aromatic N) is 2. The summed E-state index contributed by atoms with van der Waals surface area (Å²) in [6.45, 7) is 2.75. The third kappa shape index (κ3) is 6.09. The van der Waals surface area contributed by atoms with Gasteiger partial charge in [0.15, 0.2) is 6.61 Å². The number of benzene rings is 1. The van der Waals surface area contributed by atoms with E-state index in [1.165, 1.54) is 17.0 Å². The number of carbonyl (C=O) groups excluding carboxylic acids is 3. The van der Waals surface area contributed by atoms with E-state index in [-0.39, 0.29) is 17.3 Å². The third-order valence-electron chi connectivity index (χ3n) is 2.90. The Morgan fingerprint density at radius 2 is 1.92 bits per heavy atom. The molecule has 0 aliphatic carbocycles. The number of nitro benzene ring substituents is 1. The first-order chi connectivity index (χ1) is 11.6. The van der Waals surface area contributed by atoms with Crippen LogP contribution in [0, 0.1) is 10.1 Å². The van der Waals surface area contributed by atoms with Gasteiger partial charge in [-0.2, -0.15) is 0 Å². The van der Waals surface area contributed by atoms with Gasteiger partial charge < -0.3 is 15.0 Å². The van der Waals surface area contributed by atoms with Gasteiger partial charge in [-0.3, -0.25) is 20.2 Å². The Balaban J connectivity index is 2.72. The summed E-state index contributed by atoms with van der Waals surface area (Å²) in [5.41, 5.74) is -0.0124. The normalized spacial score (nSPS) is 10.1. The van der Waals surface area contributed by atoms with Gasteiger partial charge in [-0.15, -0.1) is 0 Å². The zero-order valence-corrected chi connectivity index (χ0v) is 14.4. The van der Waals surface area contributed by atoms with Gasteiger partial charge in [0.05, 0.1) is 10.5 Å². The molecule has 3 amide bonds. The average molecular weight is 352 g/mol. The lowest BCUT2D eigenvalue weighted by atomic mass is 10.1. The summed E-state index contributed by atoms with van der Waals surface area (Å²) in [5.74, 6) is -1.72. The fourth-order valence-corrected chi connectivity index (χ4v) is 1.85. The SMILES string of the molecule is CC(C)NC(=O)NC(=O)COC(=O)c1ccc(N(C)C)c([N+](=O)[O-])c1. The minimum Gasteiger partial charge on any atom is -0.452 e. The molecule has 1 rings (SSSR count). The molecule has 1 aromatic rings. The first-order valence-electron chi connectivity index (χ1n) is 7.35. The predicted molar refractivity (Wildman–Crippen MR) is 89.5 cm³/mol. The minimum atomic E-state index is -0.909. The summed E-state index contributed by atoms with van der Waals surface area (Å²) in [5, 5.41) is 15.5. The first kappa shape index (κ1) is 19.9. The first-order valence-corrected chi connectivity index (χ1v) is 7.35. The summed E-state index contributed by atoms with van der Waals surface area (Å²) in [7, 11) is 3.26. The number of rotatable bonds is 6. The van der Waals surface area contributed by atoms with Crippen molar-refractivity contribution in [1.29, 1.82) is 0 Å². The van der Waals surface area contributed by atoms with E-state index >= 15 is 0 Å². The molecule has 0 aliphatic rings. The van der Waals surface area contributed by atoms with Crippen molar-refractivity contribution in [1.82, 2.24) is 10.6 Å². The highest BCUT2D eigenvalue weighted by molar-refractivity contribution is 5.97. The minimum absolute atomic E-state index is 0.0725. The Hall–Kier alpha value is -3.17. The van der Waals surface area contributed by atoms with E-state index in [1.54, 1.807) is 27.9 Å². The number of hydrogen-bond acceptors (Lipinski definition) is 7. The van der Waals surface area contributed by atoms with Crippen LogP contribution in [-0.4, -0.2) is 49.6 Å². The van der Waals surface area contributed by atoms with Gasteiger partial charge in [0, 0.05) is 26.2 Å². The molecule has 1 aromatic carbocycles. The van der Waals surface area contributed by atoms with Gasteiger partial charge >= 0.3 is 12.0 Å². The number of amides is 3. The number of carbonyl (C=O) groups is 3. The van der Waals surface area contributed by atoms with Crippen molar-refractivity contribution >= 4 is 29.3 Å². The van der Waals surface area contributed by atoms with Crippen LogP contribution >= 0.6 is 0 Å². The van der Waals surface area contributed by atoms with Crippen LogP contribution in [-0.2, 0) is 9.53 Å². The van der Waals surface area contributed by atoms with E-state index in [4.69, 9.17) is 4.74 Å². The van der Waals surface area contributed by atoms with E-state index in [2.05, 4.69) is 5.32 Å². The van der Waals surface area contributed by atoms with Crippen molar-refractivity contribution in [3.8, 4) is 0 Å². The van der Waals surface area contributed by atoms with Gasteiger partial charge in [-0.05, 0) is 26.0 Å². The van der Waals surface area contributed by atoms with Crippen molar-refractivity contribution in [3.05, 3.63) is 33.9 Å². The molecule has 136 valence electrons. The average Bonchev–Trinajstić information content (AvgIpc) is 2.50. The van der Waals surface area contributed by atoms with Crippen molar-refractivity contribution in [3.63, 3.8) is 0 Å². The fraction of sp³-hybridized carbons (Fsp3) is 0.400. The highest BCUT2D eigenvalue weighted by Gasteiger charge is 2.20. The molecule has 2 N–H and O–H groups in total. The summed E-state index contributed by atoms with van der Waals surface area (Å²) in [4.78, 5) is 46.8. The molecule has 0 fully saturated rings. The number of anilines is 1. The smallest absolute Gasteiger partial charge is 0.338 e. The Morgan fingerprint density at radius 3 is 2.44 bits per heavy atom. The van der Waals surface area contributed by atoms with Gasteiger partial charge in [-0.25, -0.2) is 9.59 Å². The van der Waals surface area contributed by atoms with Gasteiger partial charge in [0.2, 0.25) is 0 Å². The zero-order chi connectivity index (χ0) is 19.1. The second-order valence-corrected chi connectivity index (χ2v) is 5.61. The molecule has 10 nitrogen and oxygen atoms in total. The Labute approximate surface area is 144 Å². The van der Waals surface area contributed by atoms with E-state index < -0.39 is 29.4 Å². The molecule has 0 saturated heterocycles. The fourth-order valence-electron chi connectivity index (χ4n) is 1.85. The molecule has 0 heterocycles. The number of imide groups is 1. The standard InChI is InChI=1S/C15H20N4O6/c1-9(2)16-15(22)17-13(20)8-25-14(21)10-5-6-11(18(3)4)12(7-10)19(23)24/h5-7,9H,8H2,1-4H3,(H2,16,17,20,22). The number of ether oxygens (including phenoxy) is 1. The summed E-state index contributed by atoms with van der Waals surface area (Å²) >= 11 is 0. The van der Waals surface area contributed by atoms with Crippen molar-refractivity contribution < 1.29 is 24.0 Å². The Kier molecular flexibility index (Phi) is 6.85.